The van der Waals surface area contributed by atoms with Gasteiger partial charge >= 0.3 is 0 Å². The second-order valence-corrected chi connectivity index (χ2v) is 7.08. The molecule has 0 saturated carbocycles. The van der Waals surface area contributed by atoms with Gasteiger partial charge in [-0.2, -0.15) is 0 Å². The molecule has 0 fully saturated rings. The third kappa shape index (κ3) is 4.82. The fourth-order valence-corrected chi connectivity index (χ4v) is 3.70. The van der Waals surface area contributed by atoms with E-state index in [1.165, 1.54) is 10.4 Å². The summed E-state index contributed by atoms with van der Waals surface area (Å²) in [5.41, 5.74) is 8.18. The predicted octanol–water partition coefficient (Wildman–Crippen LogP) is 2.56. The van der Waals surface area contributed by atoms with Crippen LogP contribution in [-0.4, -0.2) is 31.5 Å². The number of hydrogen-bond acceptors (Lipinski definition) is 3. The number of fused-ring (bicyclic) bond motifs is 1. The van der Waals surface area contributed by atoms with Gasteiger partial charge in [-0.1, -0.05) is 24.3 Å². The van der Waals surface area contributed by atoms with Gasteiger partial charge in [0.05, 0.1) is 0 Å². The van der Waals surface area contributed by atoms with Gasteiger partial charge in [0, 0.05) is 36.6 Å². The van der Waals surface area contributed by atoms with Crippen molar-refractivity contribution in [3.05, 3.63) is 52.2 Å². The van der Waals surface area contributed by atoms with Crippen molar-refractivity contribution in [2.45, 2.75) is 25.7 Å². The van der Waals surface area contributed by atoms with E-state index in [0.717, 1.165) is 31.6 Å². The molecule has 1 aliphatic heterocycles. The highest BCUT2D eigenvalue weighted by molar-refractivity contribution is 7.09. The maximum Gasteiger partial charge on any atom is 0.227 e. The summed E-state index contributed by atoms with van der Waals surface area (Å²) in [7, 11) is 0. The van der Waals surface area contributed by atoms with E-state index in [0.29, 0.717) is 25.3 Å². The summed E-state index contributed by atoms with van der Waals surface area (Å²) in [6, 6.07) is 12.3. The van der Waals surface area contributed by atoms with Crippen LogP contribution < -0.4 is 16.0 Å². The number of nitrogens with zero attached hydrogens (tertiary/aromatic N) is 2. The molecule has 3 N–H and O–H groups in total. The molecule has 5 nitrogen and oxygen atoms in total. The van der Waals surface area contributed by atoms with E-state index in [2.05, 4.69) is 27.8 Å². The Hall–Kier alpha value is -2.34. The zero-order valence-electron chi connectivity index (χ0n) is 14.3. The van der Waals surface area contributed by atoms with Crippen molar-refractivity contribution >= 4 is 28.9 Å². The van der Waals surface area contributed by atoms with Crippen molar-refractivity contribution in [2.75, 3.05) is 24.5 Å². The molecule has 0 aliphatic carbocycles. The molecule has 0 radical (unpaired) electrons. The Balaban J connectivity index is 1.36. The van der Waals surface area contributed by atoms with E-state index < -0.39 is 0 Å². The van der Waals surface area contributed by atoms with E-state index in [-0.39, 0.29) is 5.91 Å². The molecule has 1 aromatic heterocycles. The lowest BCUT2D eigenvalue weighted by Crippen LogP contribution is -2.33. The molecular weight excluding hydrogens is 332 g/mol. The van der Waals surface area contributed by atoms with Crippen LogP contribution in [0.5, 0.6) is 0 Å². The first kappa shape index (κ1) is 17.5. The lowest BCUT2D eigenvalue weighted by molar-refractivity contribution is -0.118. The number of carbonyl (C=O) groups excluding carboxylic acids is 1. The molecule has 1 amide bonds. The number of anilines is 1. The summed E-state index contributed by atoms with van der Waals surface area (Å²) in [5.74, 6) is 0.625. The summed E-state index contributed by atoms with van der Waals surface area (Å²) < 4.78 is 0. The van der Waals surface area contributed by atoms with Crippen molar-refractivity contribution in [1.29, 1.82) is 0 Å². The second kappa shape index (κ2) is 8.67. The molecule has 2 aromatic rings. The molecule has 1 aromatic carbocycles. The molecule has 0 atom stereocenters. The number of guanidine groups is 1. The van der Waals surface area contributed by atoms with Crippen molar-refractivity contribution in [3.8, 4) is 0 Å². The quantitative estimate of drug-likeness (QED) is 0.455. The summed E-state index contributed by atoms with van der Waals surface area (Å²) >= 11 is 1.74. The molecule has 0 spiro atoms. The van der Waals surface area contributed by atoms with Gasteiger partial charge in [-0.05, 0) is 42.3 Å². The number of para-hydroxylation sites is 1. The monoisotopic (exact) mass is 356 g/mol. The predicted molar refractivity (Wildman–Crippen MR) is 104 cm³/mol. The largest absolute Gasteiger partial charge is 0.370 e. The molecule has 1 aliphatic rings. The first-order chi connectivity index (χ1) is 12.2. The number of hydrogen-bond donors (Lipinski definition) is 2. The zero-order chi connectivity index (χ0) is 17.5. The standard InChI is InChI=1S/C19H24N4OS/c20-19(22-12-9-16-6-4-14-25-16)21-11-3-8-18(24)23-13-10-15-5-1-2-7-17(15)23/h1-2,4-7,14H,3,8-13H2,(H3,20,21,22). The van der Waals surface area contributed by atoms with Crippen LogP contribution in [0.25, 0.3) is 0 Å². The van der Waals surface area contributed by atoms with Crippen LogP contribution >= 0.6 is 11.3 Å². The van der Waals surface area contributed by atoms with Crippen LogP contribution in [0.2, 0.25) is 0 Å². The molecule has 2 heterocycles. The minimum absolute atomic E-state index is 0.171. The molecule has 0 unspecified atom stereocenters. The van der Waals surface area contributed by atoms with Gasteiger partial charge in [-0.15, -0.1) is 11.3 Å². The summed E-state index contributed by atoms with van der Waals surface area (Å²) in [4.78, 5) is 19.9. The van der Waals surface area contributed by atoms with Gasteiger partial charge in [-0.3, -0.25) is 9.79 Å². The van der Waals surface area contributed by atoms with E-state index in [1.54, 1.807) is 11.3 Å². The number of thiophene rings is 1. The molecule has 25 heavy (non-hydrogen) atoms. The van der Waals surface area contributed by atoms with E-state index in [1.807, 2.05) is 29.2 Å². The van der Waals surface area contributed by atoms with Gasteiger partial charge in [-0.25, -0.2) is 0 Å². The van der Waals surface area contributed by atoms with Crippen molar-refractivity contribution < 1.29 is 4.79 Å². The summed E-state index contributed by atoms with van der Waals surface area (Å²) in [6.45, 7) is 2.13. The minimum Gasteiger partial charge on any atom is -0.370 e. The van der Waals surface area contributed by atoms with E-state index >= 15 is 0 Å². The Bertz CT molecular complexity index is 727. The number of carbonyl (C=O) groups is 1. The highest BCUT2D eigenvalue weighted by Gasteiger charge is 2.23. The van der Waals surface area contributed by atoms with Gasteiger partial charge in [0.1, 0.15) is 0 Å². The highest BCUT2D eigenvalue weighted by atomic mass is 32.1. The van der Waals surface area contributed by atoms with Crippen molar-refractivity contribution in [2.24, 2.45) is 10.7 Å². The average molecular weight is 356 g/mol. The molecule has 3 rings (SSSR count). The number of nitrogens with two attached hydrogens (primary N) is 1. The second-order valence-electron chi connectivity index (χ2n) is 6.05. The average Bonchev–Trinajstić information content (AvgIpc) is 3.28. The summed E-state index contributed by atoms with van der Waals surface area (Å²) in [6.07, 6.45) is 3.10. The number of rotatable bonds is 7. The Labute approximate surface area is 152 Å². The lowest BCUT2D eigenvalue weighted by atomic mass is 10.2. The van der Waals surface area contributed by atoms with Gasteiger partial charge in [0.15, 0.2) is 5.96 Å². The van der Waals surface area contributed by atoms with Crippen LogP contribution in [-0.2, 0) is 17.6 Å². The first-order valence-electron chi connectivity index (χ1n) is 8.68. The van der Waals surface area contributed by atoms with Crippen LogP contribution in [0.4, 0.5) is 5.69 Å². The molecule has 0 saturated heterocycles. The maximum absolute atomic E-state index is 12.4. The number of benzene rings is 1. The summed E-state index contributed by atoms with van der Waals surface area (Å²) in [5, 5.41) is 5.19. The fourth-order valence-electron chi connectivity index (χ4n) is 2.99. The number of amides is 1. The molecule has 132 valence electrons. The maximum atomic E-state index is 12.4. The Morgan fingerprint density at radius 3 is 3.00 bits per heavy atom. The zero-order valence-corrected chi connectivity index (χ0v) is 15.1. The topological polar surface area (TPSA) is 70.7 Å². The Kier molecular flexibility index (Phi) is 6.06. The molecule has 6 heteroatoms. The Morgan fingerprint density at radius 2 is 2.16 bits per heavy atom. The highest BCUT2D eigenvalue weighted by Crippen LogP contribution is 2.27. The van der Waals surface area contributed by atoms with Crippen LogP contribution in [0, 0.1) is 0 Å². The smallest absolute Gasteiger partial charge is 0.227 e. The van der Waals surface area contributed by atoms with Gasteiger partial charge in [0.25, 0.3) is 0 Å². The lowest BCUT2D eigenvalue weighted by Gasteiger charge is -2.16. The van der Waals surface area contributed by atoms with Crippen molar-refractivity contribution in [3.63, 3.8) is 0 Å². The normalized spacial score (nSPS) is 13.8. The third-order valence-corrected chi connectivity index (χ3v) is 5.21. The van der Waals surface area contributed by atoms with Gasteiger partial charge in [0.2, 0.25) is 5.91 Å². The van der Waals surface area contributed by atoms with Crippen LogP contribution in [0.3, 0.4) is 0 Å². The van der Waals surface area contributed by atoms with E-state index in [4.69, 9.17) is 5.73 Å². The number of nitrogens with one attached hydrogen (secondary N) is 1. The fraction of sp³-hybridized carbons (Fsp3) is 0.368. The SMILES string of the molecule is NC(=NCCCC(=O)N1CCc2ccccc21)NCCc1cccs1. The number of aliphatic imine (C=N–C) groups is 1. The van der Waals surface area contributed by atoms with Crippen molar-refractivity contribution in [1.82, 2.24) is 5.32 Å². The van der Waals surface area contributed by atoms with Crippen LogP contribution in [0.1, 0.15) is 23.3 Å². The molecule has 0 bridgehead atoms. The van der Waals surface area contributed by atoms with E-state index in [9.17, 15) is 4.79 Å². The van der Waals surface area contributed by atoms with Crippen LogP contribution in [0.15, 0.2) is 46.8 Å². The molecular formula is C19H24N4OS. The minimum atomic E-state index is 0.171. The Morgan fingerprint density at radius 1 is 1.28 bits per heavy atom. The third-order valence-electron chi connectivity index (χ3n) is 4.28. The first-order valence-corrected chi connectivity index (χ1v) is 9.56. The van der Waals surface area contributed by atoms with Gasteiger partial charge < -0.3 is 16.0 Å².